The Labute approximate surface area is 239 Å². The third kappa shape index (κ3) is 5.01. The van der Waals surface area contributed by atoms with E-state index in [1.165, 1.54) is 57.4 Å². The number of nitrogens with zero attached hydrogens (tertiary/aromatic N) is 2. The van der Waals surface area contributed by atoms with Crippen molar-refractivity contribution >= 4 is 48.0 Å². The van der Waals surface area contributed by atoms with Gasteiger partial charge in [0.05, 0.1) is 39.4 Å². The van der Waals surface area contributed by atoms with Gasteiger partial charge < -0.3 is 15.0 Å². The van der Waals surface area contributed by atoms with Crippen molar-refractivity contribution in [3.05, 3.63) is 99.2 Å². The van der Waals surface area contributed by atoms with E-state index in [0.29, 0.717) is 18.7 Å². The predicted octanol–water partition coefficient (Wildman–Crippen LogP) is 3.98. The van der Waals surface area contributed by atoms with Gasteiger partial charge in [0.2, 0.25) is 9.84 Å². The fourth-order valence-corrected chi connectivity index (χ4v) is 7.79. The quantitative estimate of drug-likeness (QED) is 0.299. The Hall–Kier alpha value is -4.27. The van der Waals surface area contributed by atoms with Crippen LogP contribution in [-0.2, 0) is 26.6 Å². The van der Waals surface area contributed by atoms with Crippen LogP contribution < -0.4 is 15.6 Å². The van der Waals surface area contributed by atoms with Crippen LogP contribution in [0.25, 0.3) is 16.6 Å². The molecule has 0 spiro atoms. The SMILES string of the molecule is O=c1c(C2=CS(=O)(=O)c3cc(NS(=O)(=O)N4CCCC4)ccc3N2)c(O)c2cc(F)ccc2n1Cc1ccc(F)cc1. The van der Waals surface area contributed by atoms with E-state index in [9.17, 15) is 35.5 Å². The zero-order chi connectivity index (χ0) is 29.8. The third-order valence-corrected chi connectivity index (χ3v) is 10.2. The van der Waals surface area contributed by atoms with E-state index >= 15 is 0 Å². The van der Waals surface area contributed by atoms with Crippen molar-refractivity contribution in [3.8, 4) is 5.75 Å². The molecule has 0 radical (unpaired) electrons. The van der Waals surface area contributed by atoms with Crippen molar-refractivity contribution in [3.63, 3.8) is 0 Å². The van der Waals surface area contributed by atoms with E-state index in [2.05, 4.69) is 10.0 Å². The Morgan fingerprint density at radius 3 is 2.36 bits per heavy atom. The minimum absolute atomic E-state index is 0.0357. The number of pyridine rings is 1. The summed E-state index contributed by atoms with van der Waals surface area (Å²) in [4.78, 5) is 13.6. The second-order valence-corrected chi connectivity index (χ2v) is 13.5. The first-order chi connectivity index (χ1) is 19.9. The highest BCUT2D eigenvalue weighted by Gasteiger charge is 2.30. The van der Waals surface area contributed by atoms with Gasteiger partial charge in [-0.3, -0.25) is 9.52 Å². The molecule has 4 aromatic rings. The lowest BCUT2D eigenvalue weighted by molar-refractivity contribution is 0.476. The molecule has 0 saturated carbocycles. The van der Waals surface area contributed by atoms with Gasteiger partial charge in [-0.1, -0.05) is 12.1 Å². The summed E-state index contributed by atoms with van der Waals surface area (Å²) in [7, 11) is -8.13. The van der Waals surface area contributed by atoms with Crippen LogP contribution in [0.1, 0.15) is 24.0 Å². The maximum Gasteiger partial charge on any atom is 0.301 e. The highest BCUT2D eigenvalue weighted by molar-refractivity contribution is 7.94. The van der Waals surface area contributed by atoms with Crippen LogP contribution in [0.2, 0.25) is 0 Å². The first kappa shape index (κ1) is 27.9. The first-order valence-electron chi connectivity index (χ1n) is 12.9. The summed E-state index contributed by atoms with van der Waals surface area (Å²) >= 11 is 0. The number of hydrogen-bond donors (Lipinski definition) is 3. The normalized spacial score (nSPS) is 16.6. The number of benzene rings is 3. The molecule has 1 fully saturated rings. The number of aromatic nitrogens is 1. The van der Waals surface area contributed by atoms with E-state index in [0.717, 1.165) is 30.4 Å². The molecule has 14 heteroatoms. The van der Waals surface area contributed by atoms with Crippen LogP contribution in [0.15, 0.2) is 75.8 Å². The summed E-state index contributed by atoms with van der Waals surface area (Å²) in [6.45, 7) is 0.653. The lowest BCUT2D eigenvalue weighted by Gasteiger charge is -2.23. The third-order valence-electron chi connectivity index (χ3n) is 7.21. The van der Waals surface area contributed by atoms with Gasteiger partial charge in [-0.25, -0.2) is 17.2 Å². The van der Waals surface area contributed by atoms with E-state index in [-0.39, 0.29) is 39.4 Å². The molecular formula is C28H24F2N4O6S2. The number of fused-ring (bicyclic) bond motifs is 2. The van der Waals surface area contributed by atoms with E-state index in [1.54, 1.807) is 0 Å². The van der Waals surface area contributed by atoms with Gasteiger partial charge in [-0.15, -0.1) is 0 Å². The zero-order valence-electron chi connectivity index (χ0n) is 21.8. The number of sulfone groups is 1. The van der Waals surface area contributed by atoms with Gasteiger partial charge in [-0.2, -0.15) is 12.7 Å². The molecule has 3 heterocycles. The molecule has 0 unspecified atom stereocenters. The van der Waals surface area contributed by atoms with Gasteiger partial charge >= 0.3 is 10.2 Å². The Morgan fingerprint density at radius 1 is 0.952 bits per heavy atom. The summed E-state index contributed by atoms with van der Waals surface area (Å²) in [5.41, 5.74) is -0.649. The van der Waals surface area contributed by atoms with Crippen molar-refractivity contribution in [1.29, 1.82) is 0 Å². The monoisotopic (exact) mass is 614 g/mol. The number of aromatic hydroxyl groups is 1. The summed E-state index contributed by atoms with van der Waals surface area (Å²) in [5, 5.41) is 14.7. The van der Waals surface area contributed by atoms with Crippen molar-refractivity contribution in [2.75, 3.05) is 23.1 Å². The Bertz CT molecular complexity index is 2060. The number of hydrogen-bond acceptors (Lipinski definition) is 7. The molecule has 2 aliphatic heterocycles. The summed E-state index contributed by atoms with van der Waals surface area (Å²) < 4.78 is 84.8. The van der Waals surface area contributed by atoms with Gasteiger partial charge in [0.25, 0.3) is 5.56 Å². The standard InChI is InChI=1S/C28H24F2N4O6S2/c29-18-5-3-17(4-6-18)15-34-24-10-7-19(30)13-21(24)27(35)26(28(34)36)23-16-41(37,38)25-14-20(8-9-22(25)31-23)32-42(39,40)33-11-1-2-12-33/h3-10,13-14,16,31-32,35H,1-2,11-12,15H2. The maximum absolute atomic E-state index is 14.3. The number of halogens is 2. The van der Waals surface area contributed by atoms with Crippen LogP contribution in [0.5, 0.6) is 5.75 Å². The number of anilines is 2. The molecule has 1 saturated heterocycles. The molecule has 3 aromatic carbocycles. The molecule has 0 atom stereocenters. The van der Waals surface area contributed by atoms with Crippen molar-refractivity contribution in [2.24, 2.45) is 0 Å². The topological polar surface area (TPSA) is 138 Å². The van der Waals surface area contributed by atoms with Crippen LogP contribution in [0.4, 0.5) is 20.2 Å². The van der Waals surface area contributed by atoms with Crippen LogP contribution in [-0.4, -0.2) is 43.9 Å². The van der Waals surface area contributed by atoms with Gasteiger partial charge in [0, 0.05) is 18.5 Å². The highest BCUT2D eigenvalue weighted by atomic mass is 32.2. The lowest BCUT2D eigenvalue weighted by Crippen LogP contribution is -2.33. The largest absolute Gasteiger partial charge is 0.506 e. The van der Waals surface area contributed by atoms with E-state index in [4.69, 9.17) is 0 Å². The summed E-state index contributed by atoms with van der Waals surface area (Å²) in [6, 6.07) is 12.7. The molecule has 0 amide bonds. The van der Waals surface area contributed by atoms with Gasteiger partial charge in [0.15, 0.2) is 0 Å². The number of rotatable bonds is 6. The smallest absolute Gasteiger partial charge is 0.301 e. The van der Waals surface area contributed by atoms with Crippen LogP contribution >= 0.6 is 0 Å². The van der Waals surface area contributed by atoms with Crippen molar-refractivity contribution < 1.29 is 30.7 Å². The minimum atomic E-state index is -4.26. The summed E-state index contributed by atoms with van der Waals surface area (Å²) in [5.74, 6) is -1.79. The molecule has 2 aliphatic rings. The van der Waals surface area contributed by atoms with Crippen LogP contribution in [0, 0.1) is 11.6 Å². The van der Waals surface area contributed by atoms with E-state index in [1.807, 2.05) is 0 Å². The molecule has 0 bridgehead atoms. The number of nitrogens with one attached hydrogen (secondary N) is 2. The second kappa shape index (κ2) is 10.2. The molecule has 3 N–H and O–H groups in total. The average Bonchev–Trinajstić information content (AvgIpc) is 3.49. The molecular weight excluding hydrogens is 590 g/mol. The summed E-state index contributed by atoms with van der Waals surface area (Å²) in [6.07, 6.45) is 1.47. The van der Waals surface area contributed by atoms with Crippen molar-refractivity contribution in [1.82, 2.24) is 8.87 Å². The molecule has 1 aromatic heterocycles. The Morgan fingerprint density at radius 2 is 1.64 bits per heavy atom. The second-order valence-electron chi connectivity index (χ2n) is 10.0. The fraction of sp³-hybridized carbons (Fsp3) is 0.179. The lowest BCUT2D eigenvalue weighted by atomic mass is 10.1. The molecule has 0 aliphatic carbocycles. The molecule has 42 heavy (non-hydrogen) atoms. The predicted molar refractivity (Wildman–Crippen MR) is 154 cm³/mol. The zero-order valence-corrected chi connectivity index (χ0v) is 23.5. The fourth-order valence-electron chi connectivity index (χ4n) is 5.17. The Kier molecular flexibility index (Phi) is 6.78. The maximum atomic E-state index is 14.3. The van der Waals surface area contributed by atoms with E-state index < -0.39 is 48.6 Å². The highest BCUT2D eigenvalue weighted by Crippen LogP contribution is 2.38. The first-order valence-corrected chi connectivity index (χ1v) is 15.9. The molecule has 218 valence electrons. The van der Waals surface area contributed by atoms with Crippen molar-refractivity contribution in [2.45, 2.75) is 24.3 Å². The Balaban J connectivity index is 1.44. The average molecular weight is 615 g/mol. The van der Waals surface area contributed by atoms with Gasteiger partial charge in [-0.05, 0) is 66.9 Å². The minimum Gasteiger partial charge on any atom is -0.506 e. The molecule has 6 rings (SSSR count). The molecule has 10 nitrogen and oxygen atoms in total. The van der Waals surface area contributed by atoms with Gasteiger partial charge in [0.1, 0.15) is 22.9 Å². The van der Waals surface area contributed by atoms with Crippen LogP contribution in [0.3, 0.4) is 0 Å².